The number of rotatable bonds is 6. The standard InChI is InChI=1S/C17H21N3O/c21-17(19-7-2-9-20-10-8-18-13-20)12-14-5-6-15-3-1-4-16(15)11-14/h5-6,8,10-11,13H,1-4,7,9,12H2,(H,19,21). The van der Waals surface area contributed by atoms with Gasteiger partial charge in [0.2, 0.25) is 5.91 Å². The minimum absolute atomic E-state index is 0.110. The van der Waals surface area contributed by atoms with Crippen LogP contribution in [-0.2, 0) is 30.6 Å². The summed E-state index contributed by atoms with van der Waals surface area (Å²) in [5, 5.41) is 2.99. The van der Waals surface area contributed by atoms with Crippen LogP contribution in [0.3, 0.4) is 0 Å². The summed E-state index contributed by atoms with van der Waals surface area (Å²) in [6.45, 7) is 1.60. The van der Waals surface area contributed by atoms with Crippen molar-refractivity contribution in [3.8, 4) is 0 Å². The highest BCUT2D eigenvalue weighted by Gasteiger charge is 2.11. The van der Waals surface area contributed by atoms with Gasteiger partial charge < -0.3 is 9.88 Å². The van der Waals surface area contributed by atoms with E-state index in [0.717, 1.165) is 24.9 Å². The summed E-state index contributed by atoms with van der Waals surface area (Å²) in [4.78, 5) is 15.9. The molecule has 0 bridgehead atoms. The van der Waals surface area contributed by atoms with Crippen molar-refractivity contribution in [3.05, 3.63) is 53.6 Å². The molecule has 3 rings (SSSR count). The minimum atomic E-state index is 0.110. The normalized spacial score (nSPS) is 13.1. The predicted molar refractivity (Wildman–Crippen MR) is 82.0 cm³/mol. The van der Waals surface area contributed by atoms with E-state index in [4.69, 9.17) is 0 Å². The molecule has 0 spiro atoms. The molecule has 0 radical (unpaired) electrons. The lowest BCUT2D eigenvalue weighted by Crippen LogP contribution is -2.26. The third-order valence-electron chi connectivity index (χ3n) is 4.00. The fourth-order valence-electron chi connectivity index (χ4n) is 2.89. The quantitative estimate of drug-likeness (QED) is 0.826. The van der Waals surface area contributed by atoms with E-state index in [0.29, 0.717) is 13.0 Å². The van der Waals surface area contributed by atoms with Gasteiger partial charge in [0, 0.05) is 25.5 Å². The van der Waals surface area contributed by atoms with E-state index in [1.807, 2.05) is 10.8 Å². The number of imidazole rings is 1. The molecule has 0 saturated heterocycles. The molecular weight excluding hydrogens is 262 g/mol. The predicted octanol–water partition coefficient (Wildman–Crippen LogP) is 2.12. The Morgan fingerprint density at radius 1 is 1.29 bits per heavy atom. The third kappa shape index (κ3) is 3.72. The summed E-state index contributed by atoms with van der Waals surface area (Å²) in [7, 11) is 0. The van der Waals surface area contributed by atoms with Crippen LogP contribution >= 0.6 is 0 Å². The summed E-state index contributed by atoms with van der Waals surface area (Å²) in [5.74, 6) is 0.110. The summed E-state index contributed by atoms with van der Waals surface area (Å²) in [5.41, 5.74) is 4.02. The molecule has 0 fully saturated rings. The maximum absolute atomic E-state index is 11.9. The number of nitrogens with one attached hydrogen (secondary N) is 1. The van der Waals surface area contributed by atoms with Gasteiger partial charge in [0.25, 0.3) is 0 Å². The van der Waals surface area contributed by atoms with E-state index in [9.17, 15) is 4.79 Å². The van der Waals surface area contributed by atoms with Gasteiger partial charge in [-0.3, -0.25) is 4.79 Å². The first kappa shape index (κ1) is 13.9. The summed E-state index contributed by atoms with van der Waals surface area (Å²) in [6, 6.07) is 6.48. The summed E-state index contributed by atoms with van der Waals surface area (Å²) >= 11 is 0. The van der Waals surface area contributed by atoms with Gasteiger partial charge in [-0.2, -0.15) is 0 Å². The van der Waals surface area contributed by atoms with E-state index in [1.54, 1.807) is 12.5 Å². The Morgan fingerprint density at radius 2 is 2.19 bits per heavy atom. The number of benzene rings is 1. The second-order valence-corrected chi connectivity index (χ2v) is 5.64. The topological polar surface area (TPSA) is 46.9 Å². The van der Waals surface area contributed by atoms with Crippen LogP contribution in [0, 0.1) is 0 Å². The van der Waals surface area contributed by atoms with Gasteiger partial charge in [0.1, 0.15) is 0 Å². The second kappa shape index (κ2) is 6.57. The van der Waals surface area contributed by atoms with E-state index >= 15 is 0 Å². The maximum Gasteiger partial charge on any atom is 0.224 e. The maximum atomic E-state index is 11.9. The van der Waals surface area contributed by atoms with Crippen molar-refractivity contribution in [1.29, 1.82) is 0 Å². The highest BCUT2D eigenvalue weighted by molar-refractivity contribution is 5.78. The Morgan fingerprint density at radius 3 is 3.05 bits per heavy atom. The molecule has 1 aliphatic rings. The lowest BCUT2D eigenvalue weighted by Gasteiger charge is -2.07. The van der Waals surface area contributed by atoms with Crippen LogP contribution in [0.2, 0.25) is 0 Å². The van der Waals surface area contributed by atoms with Crippen LogP contribution in [-0.4, -0.2) is 22.0 Å². The SMILES string of the molecule is O=C(Cc1ccc2c(c1)CCC2)NCCCn1ccnc1. The molecule has 2 aromatic rings. The Hall–Kier alpha value is -2.10. The van der Waals surface area contributed by atoms with Crippen molar-refractivity contribution in [2.24, 2.45) is 0 Å². The molecule has 1 heterocycles. The lowest BCUT2D eigenvalue weighted by molar-refractivity contribution is -0.120. The van der Waals surface area contributed by atoms with Gasteiger partial charge in [-0.05, 0) is 42.4 Å². The van der Waals surface area contributed by atoms with Gasteiger partial charge in [-0.15, -0.1) is 0 Å². The highest BCUT2D eigenvalue weighted by atomic mass is 16.1. The number of aromatic nitrogens is 2. The first-order valence-corrected chi connectivity index (χ1v) is 7.64. The Labute approximate surface area is 125 Å². The van der Waals surface area contributed by atoms with Gasteiger partial charge in [-0.25, -0.2) is 4.98 Å². The number of nitrogens with zero attached hydrogens (tertiary/aromatic N) is 2. The van der Waals surface area contributed by atoms with Crippen molar-refractivity contribution in [2.45, 2.75) is 38.6 Å². The molecule has 0 aliphatic heterocycles. The molecule has 1 N–H and O–H groups in total. The molecular formula is C17H21N3O. The van der Waals surface area contributed by atoms with Crippen molar-refractivity contribution >= 4 is 5.91 Å². The Kier molecular flexibility index (Phi) is 4.34. The average molecular weight is 283 g/mol. The molecule has 0 saturated carbocycles. The van der Waals surface area contributed by atoms with Crippen LogP contribution in [0.15, 0.2) is 36.9 Å². The van der Waals surface area contributed by atoms with Crippen molar-refractivity contribution in [3.63, 3.8) is 0 Å². The van der Waals surface area contributed by atoms with E-state index < -0.39 is 0 Å². The summed E-state index contributed by atoms with van der Waals surface area (Å²) < 4.78 is 2.02. The number of fused-ring (bicyclic) bond motifs is 1. The van der Waals surface area contributed by atoms with Gasteiger partial charge in [0.05, 0.1) is 12.7 Å². The van der Waals surface area contributed by atoms with Gasteiger partial charge >= 0.3 is 0 Å². The minimum Gasteiger partial charge on any atom is -0.356 e. The van der Waals surface area contributed by atoms with Gasteiger partial charge in [-0.1, -0.05) is 18.2 Å². The first-order chi connectivity index (χ1) is 10.3. The fourth-order valence-corrected chi connectivity index (χ4v) is 2.89. The number of carbonyl (C=O) groups is 1. The number of hydrogen-bond acceptors (Lipinski definition) is 2. The molecule has 4 heteroatoms. The zero-order valence-electron chi connectivity index (χ0n) is 12.2. The molecule has 21 heavy (non-hydrogen) atoms. The van der Waals surface area contributed by atoms with Crippen molar-refractivity contribution in [2.75, 3.05) is 6.54 Å². The monoisotopic (exact) mass is 283 g/mol. The largest absolute Gasteiger partial charge is 0.356 e. The zero-order valence-corrected chi connectivity index (χ0v) is 12.2. The number of aryl methyl sites for hydroxylation is 3. The Balaban J connectivity index is 1.41. The average Bonchev–Trinajstić information content (AvgIpc) is 3.14. The van der Waals surface area contributed by atoms with E-state index in [-0.39, 0.29) is 5.91 Å². The molecule has 1 aliphatic carbocycles. The van der Waals surface area contributed by atoms with E-state index in [1.165, 1.54) is 24.0 Å². The van der Waals surface area contributed by atoms with Crippen LogP contribution in [0.5, 0.6) is 0 Å². The number of carbonyl (C=O) groups excluding carboxylic acids is 1. The van der Waals surface area contributed by atoms with Crippen LogP contribution in [0.1, 0.15) is 29.5 Å². The molecule has 1 aromatic heterocycles. The van der Waals surface area contributed by atoms with E-state index in [2.05, 4.69) is 28.5 Å². The van der Waals surface area contributed by atoms with Crippen molar-refractivity contribution in [1.82, 2.24) is 14.9 Å². The molecule has 0 unspecified atom stereocenters. The second-order valence-electron chi connectivity index (χ2n) is 5.64. The molecule has 110 valence electrons. The van der Waals surface area contributed by atoms with Crippen LogP contribution in [0.25, 0.3) is 0 Å². The fraction of sp³-hybridized carbons (Fsp3) is 0.412. The number of hydrogen-bond donors (Lipinski definition) is 1. The lowest BCUT2D eigenvalue weighted by atomic mass is 10.0. The van der Waals surface area contributed by atoms with Crippen LogP contribution in [0.4, 0.5) is 0 Å². The first-order valence-electron chi connectivity index (χ1n) is 7.64. The van der Waals surface area contributed by atoms with Crippen molar-refractivity contribution < 1.29 is 4.79 Å². The van der Waals surface area contributed by atoms with Crippen LogP contribution < -0.4 is 5.32 Å². The molecule has 1 amide bonds. The smallest absolute Gasteiger partial charge is 0.224 e. The molecule has 0 atom stereocenters. The van der Waals surface area contributed by atoms with Gasteiger partial charge in [0.15, 0.2) is 0 Å². The number of amides is 1. The molecule has 1 aromatic carbocycles. The Bertz CT molecular complexity index is 605. The highest BCUT2D eigenvalue weighted by Crippen LogP contribution is 2.22. The molecule has 4 nitrogen and oxygen atoms in total. The third-order valence-corrected chi connectivity index (χ3v) is 4.00. The zero-order chi connectivity index (χ0) is 14.5. The summed E-state index contributed by atoms with van der Waals surface area (Å²) in [6.07, 6.45) is 10.5.